The molecule has 2 aliphatic rings. The molecule has 0 aromatic heterocycles. The fraction of sp³-hybridized carbons (Fsp3) is 0.938. The molecule has 18 heavy (non-hydrogen) atoms. The van der Waals surface area contributed by atoms with E-state index in [0.717, 1.165) is 24.7 Å². The minimum Gasteiger partial charge on any atom is -0.481 e. The summed E-state index contributed by atoms with van der Waals surface area (Å²) in [5, 5.41) is 9.40. The third-order valence-corrected chi connectivity index (χ3v) is 5.22. The highest BCUT2D eigenvalue weighted by Crippen LogP contribution is 2.42. The van der Waals surface area contributed by atoms with Crippen LogP contribution in [0.4, 0.5) is 0 Å². The predicted molar refractivity (Wildman–Crippen MR) is 73.4 cm³/mol. The molecule has 2 nitrogen and oxygen atoms in total. The van der Waals surface area contributed by atoms with E-state index in [2.05, 4.69) is 6.92 Å². The third kappa shape index (κ3) is 3.49. The van der Waals surface area contributed by atoms with Gasteiger partial charge in [0.15, 0.2) is 0 Å². The molecule has 104 valence electrons. The topological polar surface area (TPSA) is 37.3 Å². The summed E-state index contributed by atoms with van der Waals surface area (Å²) in [6.07, 6.45) is 12.4. The first-order valence-corrected chi connectivity index (χ1v) is 7.93. The van der Waals surface area contributed by atoms with Crippen molar-refractivity contribution in [3.8, 4) is 0 Å². The van der Waals surface area contributed by atoms with Crippen molar-refractivity contribution < 1.29 is 9.90 Å². The van der Waals surface area contributed by atoms with Gasteiger partial charge in [0.1, 0.15) is 0 Å². The van der Waals surface area contributed by atoms with E-state index in [1.165, 1.54) is 51.4 Å². The maximum Gasteiger partial charge on any atom is 0.306 e. The van der Waals surface area contributed by atoms with Gasteiger partial charge in [-0.2, -0.15) is 0 Å². The molecule has 3 atom stereocenters. The molecule has 2 heteroatoms. The van der Waals surface area contributed by atoms with Gasteiger partial charge < -0.3 is 5.11 Å². The number of hydrogen-bond acceptors (Lipinski definition) is 1. The van der Waals surface area contributed by atoms with Crippen molar-refractivity contribution in [1.29, 1.82) is 0 Å². The monoisotopic (exact) mass is 252 g/mol. The molecule has 2 saturated carbocycles. The summed E-state index contributed by atoms with van der Waals surface area (Å²) >= 11 is 0. The molecule has 0 amide bonds. The van der Waals surface area contributed by atoms with Crippen molar-refractivity contribution in [3.05, 3.63) is 0 Å². The summed E-state index contributed by atoms with van der Waals surface area (Å²) < 4.78 is 0. The van der Waals surface area contributed by atoms with Gasteiger partial charge in [-0.05, 0) is 43.4 Å². The maximum absolute atomic E-state index is 11.4. The first kappa shape index (κ1) is 13.9. The standard InChI is InChI=1S/C16H28O2/c1-2-5-12-8-9-15(16(17)18)14(10-12)11-13-6-3-4-7-13/h12-15H,2-11H2,1H3,(H,17,18). The summed E-state index contributed by atoms with van der Waals surface area (Å²) in [6.45, 7) is 2.25. The van der Waals surface area contributed by atoms with Crippen molar-refractivity contribution in [2.45, 2.75) is 71.1 Å². The summed E-state index contributed by atoms with van der Waals surface area (Å²) in [5.74, 6) is 1.52. The molecule has 0 saturated heterocycles. The van der Waals surface area contributed by atoms with E-state index >= 15 is 0 Å². The molecule has 0 heterocycles. The number of carboxylic acid groups (broad SMARTS) is 1. The number of hydrogen-bond donors (Lipinski definition) is 1. The second-order valence-corrected chi connectivity index (χ2v) is 6.56. The second-order valence-electron chi connectivity index (χ2n) is 6.56. The normalized spacial score (nSPS) is 33.7. The molecule has 0 aliphatic heterocycles. The Morgan fingerprint density at radius 1 is 1.11 bits per heavy atom. The quantitative estimate of drug-likeness (QED) is 0.783. The Labute approximate surface area is 111 Å². The lowest BCUT2D eigenvalue weighted by molar-refractivity contribution is -0.145. The average molecular weight is 252 g/mol. The van der Waals surface area contributed by atoms with Crippen LogP contribution in [-0.4, -0.2) is 11.1 Å². The van der Waals surface area contributed by atoms with Crippen molar-refractivity contribution in [2.75, 3.05) is 0 Å². The Kier molecular flexibility index (Phi) is 5.08. The molecular formula is C16H28O2. The lowest BCUT2D eigenvalue weighted by Crippen LogP contribution is -2.31. The molecule has 1 N–H and O–H groups in total. The van der Waals surface area contributed by atoms with Gasteiger partial charge in [-0.3, -0.25) is 4.79 Å². The molecule has 3 unspecified atom stereocenters. The Morgan fingerprint density at radius 3 is 2.44 bits per heavy atom. The van der Waals surface area contributed by atoms with Crippen molar-refractivity contribution in [1.82, 2.24) is 0 Å². The molecule has 2 rings (SSSR count). The van der Waals surface area contributed by atoms with E-state index in [-0.39, 0.29) is 5.92 Å². The number of aliphatic carboxylic acids is 1. The molecule has 0 radical (unpaired) electrons. The zero-order valence-electron chi connectivity index (χ0n) is 11.7. The molecule has 2 aliphatic carbocycles. The van der Waals surface area contributed by atoms with Gasteiger partial charge in [0.2, 0.25) is 0 Å². The molecule has 0 aromatic rings. The highest BCUT2D eigenvalue weighted by molar-refractivity contribution is 5.70. The van der Waals surface area contributed by atoms with E-state index < -0.39 is 5.97 Å². The number of carboxylic acids is 1. The van der Waals surface area contributed by atoms with Crippen molar-refractivity contribution in [2.24, 2.45) is 23.7 Å². The van der Waals surface area contributed by atoms with E-state index in [0.29, 0.717) is 5.92 Å². The summed E-state index contributed by atoms with van der Waals surface area (Å²) in [4.78, 5) is 11.4. The number of rotatable bonds is 5. The van der Waals surface area contributed by atoms with Crippen LogP contribution in [0.1, 0.15) is 71.1 Å². The lowest BCUT2D eigenvalue weighted by atomic mass is 9.69. The Hall–Kier alpha value is -0.530. The molecular weight excluding hydrogens is 224 g/mol. The van der Waals surface area contributed by atoms with Gasteiger partial charge in [-0.25, -0.2) is 0 Å². The van der Waals surface area contributed by atoms with Gasteiger partial charge >= 0.3 is 5.97 Å². The first-order valence-electron chi connectivity index (χ1n) is 7.93. The molecule has 0 aromatic carbocycles. The Morgan fingerprint density at radius 2 is 1.83 bits per heavy atom. The average Bonchev–Trinajstić information content (AvgIpc) is 2.82. The summed E-state index contributed by atoms with van der Waals surface area (Å²) in [5.41, 5.74) is 0. The molecule has 0 bridgehead atoms. The van der Waals surface area contributed by atoms with Crippen LogP contribution in [0.2, 0.25) is 0 Å². The van der Waals surface area contributed by atoms with Crippen LogP contribution in [0.25, 0.3) is 0 Å². The van der Waals surface area contributed by atoms with Gasteiger partial charge in [0.25, 0.3) is 0 Å². The lowest BCUT2D eigenvalue weighted by Gasteiger charge is -2.35. The molecule has 0 spiro atoms. The number of carbonyl (C=O) groups is 1. The maximum atomic E-state index is 11.4. The van der Waals surface area contributed by atoms with Gasteiger partial charge in [0, 0.05) is 0 Å². The van der Waals surface area contributed by atoms with E-state index in [9.17, 15) is 9.90 Å². The van der Waals surface area contributed by atoms with Crippen LogP contribution in [0, 0.1) is 23.7 Å². The van der Waals surface area contributed by atoms with E-state index in [1.54, 1.807) is 0 Å². The summed E-state index contributed by atoms with van der Waals surface area (Å²) in [6, 6.07) is 0. The largest absolute Gasteiger partial charge is 0.481 e. The van der Waals surface area contributed by atoms with Crippen molar-refractivity contribution in [3.63, 3.8) is 0 Å². The zero-order chi connectivity index (χ0) is 13.0. The van der Waals surface area contributed by atoms with Crippen LogP contribution < -0.4 is 0 Å². The van der Waals surface area contributed by atoms with Gasteiger partial charge in [0.05, 0.1) is 5.92 Å². The third-order valence-electron chi connectivity index (χ3n) is 5.22. The fourth-order valence-corrected chi connectivity index (χ4v) is 4.29. The predicted octanol–water partition coefficient (Wildman–Crippen LogP) is 4.48. The Bertz CT molecular complexity index is 268. The highest BCUT2D eigenvalue weighted by atomic mass is 16.4. The Balaban J connectivity index is 1.92. The SMILES string of the molecule is CCCC1CCC(C(=O)O)C(CC2CCCC2)C1. The van der Waals surface area contributed by atoms with E-state index in [1.807, 2.05) is 0 Å². The van der Waals surface area contributed by atoms with Crippen LogP contribution >= 0.6 is 0 Å². The van der Waals surface area contributed by atoms with Crippen LogP contribution in [0.3, 0.4) is 0 Å². The smallest absolute Gasteiger partial charge is 0.306 e. The second kappa shape index (κ2) is 6.58. The van der Waals surface area contributed by atoms with Crippen LogP contribution in [-0.2, 0) is 4.79 Å². The summed E-state index contributed by atoms with van der Waals surface area (Å²) in [7, 11) is 0. The van der Waals surface area contributed by atoms with Crippen molar-refractivity contribution >= 4 is 5.97 Å². The minimum atomic E-state index is -0.534. The zero-order valence-corrected chi connectivity index (χ0v) is 11.7. The molecule has 2 fully saturated rings. The minimum absolute atomic E-state index is 0.0429. The fourth-order valence-electron chi connectivity index (χ4n) is 4.29. The first-order chi connectivity index (χ1) is 8.70. The highest BCUT2D eigenvalue weighted by Gasteiger charge is 2.36. The van der Waals surface area contributed by atoms with Crippen LogP contribution in [0.15, 0.2) is 0 Å². The van der Waals surface area contributed by atoms with E-state index in [4.69, 9.17) is 0 Å². The van der Waals surface area contributed by atoms with Crippen LogP contribution in [0.5, 0.6) is 0 Å². The van der Waals surface area contributed by atoms with Gasteiger partial charge in [-0.1, -0.05) is 45.4 Å². The van der Waals surface area contributed by atoms with Gasteiger partial charge in [-0.15, -0.1) is 0 Å².